The average molecular weight is 455 g/mol. The molecule has 0 heterocycles. The van der Waals surface area contributed by atoms with Crippen LogP contribution in [-0.2, 0) is 4.79 Å². The van der Waals surface area contributed by atoms with Gasteiger partial charge in [-0.2, -0.15) is 0 Å². The summed E-state index contributed by atoms with van der Waals surface area (Å²) in [6.07, 6.45) is 1.70. The van der Waals surface area contributed by atoms with Crippen molar-refractivity contribution in [2.24, 2.45) is 0 Å². The Morgan fingerprint density at radius 3 is 2.39 bits per heavy atom. The van der Waals surface area contributed by atoms with Gasteiger partial charge in [0.2, 0.25) is 0 Å². The monoisotopic (exact) mass is 454 g/mol. The first kappa shape index (κ1) is 21.2. The first-order valence-electron chi connectivity index (χ1n) is 9.48. The van der Waals surface area contributed by atoms with Crippen LogP contribution in [0.25, 0.3) is 17.2 Å². The molecule has 6 heteroatoms. The number of carboxylic acid groups (broad SMARTS) is 1. The van der Waals surface area contributed by atoms with Crippen LogP contribution in [0.5, 0.6) is 11.5 Å². The van der Waals surface area contributed by atoms with Gasteiger partial charge in [0.1, 0.15) is 17.3 Å². The molecule has 0 saturated carbocycles. The van der Waals surface area contributed by atoms with Gasteiger partial charge in [-0.25, -0.2) is 4.39 Å². The largest absolute Gasteiger partial charge is 0.481 e. The van der Waals surface area contributed by atoms with Crippen molar-refractivity contribution in [3.63, 3.8) is 0 Å². The van der Waals surface area contributed by atoms with Gasteiger partial charge in [-0.05, 0) is 101 Å². The van der Waals surface area contributed by atoms with Crippen molar-refractivity contribution >= 4 is 46.4 Å². The normalized spacial score (nSPS) is 14.1. The molecular formula is C25H17Cl2FO3. The summed E-state index contributed by atoms with van der Waals surface area (Å²) in [5.74, 6) is -0.164. The third kappa shape index (κ3) is 4.50. The Morgan fingerprint density at radius 1 is 1.00 bits per heavy atom. The number of hydrogen-bond donors (Lipinski definition) is 1. The molecule has 0 unspecified atom stereocenters. The maximum absolute atomic E-state index is 13.8. The average Bonchev–Trinajstić information content (AvgIpc) is 2.96. The minimum atomic E-state index is -0.965. The van der Waals surface area contributed by atoms with Crippen LogP contribution < -0.4 is 4.74 Å². The van der Waals surface area contributed by atoms with E-state index in [2.05, 4.69) is 0 Å². The zero-order chi connectivity index (χ0) is 22.1. The van der Waals surface area contributed by atoms with Crippen LogP contribution in [0.4, 0.5) is 4.39 Å². The third-order valence-electron chi connectivity index (χ3n) is 5.10. The Kier molecular flexibility index (Phi) is 5.86. The summed E-state index contributed by atoms with van der Waals surface area (Å²) in [7, 11) is 0. The van der Waals surface area contributed by atoms with E-state index >= 15 is 0 Å². The molecular weight excluding hydrogens is 438 g/mol. The van der Waals surface area contributed by atoms with Crippen molar-refractivity contribution in [3.05, 3.63) is 98.8 Å². The molecule has 0 aliphatic heterocycles. The Labute approximate surface area is 189 Å². The van der Waals surface area contributed by atoms with Crippen LogP contribution in [0, 0.1) is 5.82 Å². The number of benzene rings is 3. The first-order chi connectivity index (χ1) is 14.8. The van der Waals surface area contributed by atoms with E-state index in [1.807, 2.05) is 19.1 Å². The summed E-state index contributed by atoms with van der Waals surface area (Å²) in [4.78, 5) is 11.3. The highest BCUT2D eigenvalue weighted by Gasteiger charge is 2.25. The molecule has 0 radical (unpaired) electrons. The predicted molar refractivity (Wildman–Crippen MR) is 122 cm³/mol. The molecule has 0 atom stereocenters. The lowest BCUT2D eigenvalue weighted by atomic mass is 10.0. The molecule has 0 saturated heterocycles. The minimum Gasteiger partial charge on any atom is -0.481 e. The number of rotatable bonds is 5. The summed E-state index contributed by atoms with van der Waals surface area (Å²) in [5.41, 5.74) is 4.34. The summed E-state index contributed by atoms with van der Waals surface area (Å²) in [5, 5.41) is 10.4. The SMILES string of the molecule is CC1=C(CC(=O)O)c2cc(F)ccc2/C1=C\c1ccc(Oc2ccc(Cl)cc2)cc1Cl. The molecule has 3 aromatic carbocycles. The van der Waals surface area contributed by atoms with E-state index in [0.29, 0.717) is 32.7 Å². The van der Waals surface area contributed by atoms with Crippen molar-refractivity contribution in [1.82, 2.24) is 0 Å². The summed E-state index contributed by atoms with van der Waals surface area (Å²) in [6.45, 7) is 1.84. The van der Waals surface area contributed by atoms with E-state index in [1.54, 1.807) is 42.5 Å². The summed E-state index contributed by atoms with van der Waals surface area (Å²) >= 11 is 12.4. The van der Waals surface area contributed by atoms with E-state index in [9.17, 15) is 14.3 Å². The molecule has 0 aromatic heterocycles. The molecule has 0 fully saturated rings. The van der Waals surface area contributed by atoms with Crippen molar-refractivity contribution < 1.29 is 19.0 Å². The summed E-state index contributed by atoms with van der Waals surface area (Å²) in [6, 6.07) is 16.7. The Bertz CT molecular complexity index is 1240. The molecule has 0 amide bonds. The Balaban J connectivity index is 1.70. The van der Waals surface area contributed by atoms with Gasteiger partial charge >= 0.3 is 5.97 Å². The summed E-state index contributed by atoms with van der Waals surface area (Å²) < 4.78 is 19.6. The van der Waals surface area contributed by atoms with Crippen molar-refractivity contribution in [2.75, 3.05) is 0 Å². The molecule has 0 spiro atoms. The van der Waals surface area contributed by atoms with Gasteiger partial charge < -0.3 is 9.84 Å². The van der Waals surface area contributed by atoms with Gasteiger partial charge in [-0.15, -0.1) is 0 Å². The zero-order valence-electron chi connectivity index (χ0n) is 16.5. The molecule has 31 heavy (non-hydrogen) atoms. The fourth-order valence-electron chi connectivity index (χ4n) is 3.62. The first-order valence-corrected chi connectivity index (χ1v) is 10.2. The van der Waals surface area contributed by atoms with Gasteiger partial charge in [-0.3, -0.25) is 4.79 Å². The van der Waals surface area contributed by atoms with Gasteiger partial charge in [0, 0.05) is 5.02 Å². The van der Waals surface area contributed by atoms with Gasteiger partial charge in [0.15, 0.2) is 0 Å². The number of halogens is 3. The van der Waals surface area contributed by atoms with E-state index in [0.717, 1.165) is 22.3 Å². The maximum atomic E-state index is 13.8. The van der Waals surface area contributed by atoms with Crippen LogP contribution in [0.3, 0.4) is 0 Å². The number of aliphatic carboxylic acids is 1. The van der Waals surface area contributed by atoms with E-state index in [4.69, 9.17) is 27.9 Å². The molecule has 4 rings (SSSR count). The molecule has 0 bridgehead atoms. The zero-order valence-corrected chi connectivity index (χ0v) is 18.0. The number of hydrogen-bond acceptors (Lipinski definition) is 2. The molecule has 1 N–H and O–H groups in total. The number of carboxylic acids is 1. The van der Waals surface area contributed by atoms with Gasteiger partial charge in [0.25, 0.3) is 0 Å². The fraction of sp³-hybridized carbons (Fsp3) is 0.0800. The van der Waals surface area contributed by atoms with Gasteiger partial charge in [-0.1, -0.05) is 29.3 Å². The lowest BCUT2D eigenvalue weighted by Crippen LogP contribution is -1.97. The maximum Gasteiger partial charge on any atom is 0.307 e. The minimum absolute atomic E-state index is 0.179. The van der Waals surface area contributed by atoms with Crippen LogP contribution in [0.15, 0.2) is 66.2 Å². The Hall–Kier alpha value is -3.08. The van der Waals surface area contributed by atoms with Crippen LogP contribution in [0.1, 0.15) is 30.0 Å². The standard InChI is InChI=1S/C25H17Cl2FO3/c1-14-21(20-9-5-17(28)11-23(20)22(14)13-25(29)30)10-15-2-6-19(12-24(15)27)31-18-7-3-16(26)4-8-18/h2-12H,13H2,1H3,(H,29,30)/b21-10-. The second-order valence-corrected chi connectivity index (χ2v) is 8.00. The highest BCUT2D eigenvalue weighted by Crippen LogP contribution is 2.44. The van der Waals surface area contributed by atoms with Crippen LogP contribution in [0.2, 0.25) is 10.0 Å². The molecule has 1 aliphatic rings. The smallest absolute Gasteiger partial charge is 0.307 e. The quantitative estimate of drug-likeness (QED) is 0.428. The van der Waals surface area contributed by atoms with Gasteiger partial charge in [0.05, 0.1) is 11.4 Å². The Morgan fingerprint density at radius 2 is 1.71 bits per heavy atom. The highest BCUT2D eigenvalue weighted by atomic mass is 35.5. The van der Waals surface area contributed by atoms with Crippen LogP contribution >= 0.6 is 23.2 Å². The van der Waals surface area contributed by atoms with E-state index in [-0.39, 0.29) is 6.42 Å². The number of carbonyl (C=O) groups is 1. The van der Waals surface area contributed by atoms with E-state index < -0.39 is 11.8 Å². The second kappa shape index (κ2) is 8.58. The highest BCUT2D eigenvalue weighted by molar-refractivity contribution is 6.32. The lowest BCUT2D eigenvalue weighted by Gasteiger charge is -2.09. The molecule has 1 aliphatic carbocycles. The van der Waals surface area contributed by atoms with Crippen LogP contribution in [-0.4, -0.2) is 11.1 Å². The second-order valence-electron chi connectivity index (χ2n) is 7.16. The topological polar surface area (TPSA) is 46.5 Å². The number of fused-ring (bicyclic) bond motifs is 1. The van der Waals surface area contributed by atoms with Crippen molar-refractivity contribution in [1.29, 1.82) is 0 Å². The molecule has 156 valence electrons. The van der Waals surface area contributed by atoms with Crippen molar-refractivity contribution in [3.8, 4) is 11.5 Å². The van der Waals surface area contributed by atoms with E-state index in [1.165, 1.54) is 12.1 Å². The number of ether oxygens (including phenoxy) is 1. The molecule has 3 nitrogen and oxygen atoms in total. The lowest BCUT2D eigenvalue weighted by molar-refractivity contribution is -0.135. The molecule has 3 aromatic rings. The predicted octanol–water partition coefficient (Wildman–Crippen LogP) is 7.73. The van der Waals surface area contributed by atoms with Crippen molar-refractivity contribution in [2.45, 2.75) is 13.3 Å². The third-order valence-corrected chi connectivity index (χ3v) is 5.68. The number of allylic oxidation sites excluding steroid dienone is 2. The fourth-order valence-corrected chi connectivity index (χ4v) is 3.97.